The second-order valence-electron chi connectivity index (χ2n) is 9.99. The van der Waals surface area contributed by atoms with Crippen molar-refractivity contribution < 1.29 is 24.2 Å². The van der Waals surface area contributed by atoms with Crippen molar-refractivity contribution in [2.45, 2.75) is 38.0 Å². The number of hydrogen-bond acceptors (Lipinski definition) is 6. The minimum Gasteiger partial charge on any atom is -0.503 e. The van der Waals surface area contributed by atoms with E-state index in [2.05, 4.69) is 21.2 Å². The Kier molecular flexibility index (Phi) is 8.33. The Morgan fingerprint density at radius 1 is 1.07 bits per heavy atom. The maximum absolute atomic E-state index is 13.9. The summed E-state index contributed by atoms with van der Waals surface area (Å²) in [6, 6.07) is 20.8. The van der Waals surface area contributed by atoms with Crippen molar-refractivity contribution in [3.8, 4) is 11.5 Å². The summed E-state index contributed by atoms with van der Waals surface area (Å²) < 4.78 is 11.6. The molecule has 2 atom stereocenters. The van der Waals surface area contributed by atoms with Crippen LogP contribution in [0.15, 0.2) is 93.7 Å². The molecule has 0 spiro atoms. The number of phenolic OH excluding ortho intramolecular Hbond substituents is 1. The molecule has 2 aliphatic rings. The summed E-state index contributed by atoms with van der Waals surface area (Å²) in [6.07, 6.45) is 1.47. The number of dihydropyridines is 1. The Balaban J connectivity index is 1.52. The summed E-state index contributed by atoms with van der Waals surface area (Å²) >= 11 is 9.49. The number of aromatic hydroxyl groups is 1. The van der Waals surface area contributed by atoms with Gasteiger partial charge in [0.15, 0.2) is 17.3 Å². The molecule has 1 aliphatic heterocycles. The van der Waals surface area contributed by atoms with Gasteiger partial charge in [-0.15, -0.1) is 0 Å². The quantitative estimate of drug-likeness (QED) is 0.277. The van der Waals surface area contributed by atoms with Crippen molar-refractivity contribution in [3.05, 3.63) is 115 Å². The molecular weight excluding hydrogens is 594 g/mol. The van der Waals surface area contributed by atoms with E-state index in [-0.39, 0.29) is 29.8 Å². The molecule has 0 fully saturated rings. The van der Waals surface area contributed by atoms with Gasteiger partial charge in [-0.2, -0.15) is 0 Å². The number of hydrogen-bond donors (Lipinski definition) is 2. The van der Waals surface area contributed by atoms with E-state index in [0.717, 1.165) is 16.8 Å². The van der Waals surface area contributed by atoms with Gasteiger partial charge >= 0.3 is 5.97 Å². The van der Waals surface area contributed by atoms with Crippen LogP contribution in [0, 0.1) is 0 Å². The Hall–Kier alpha value is -3.55. The summed E-state index contributed by atoms with van der Waals surface area (Å²) in [4.78, 5) is 27.5. The molecule has 0 aromatic heterocycles. The Labute approximate surface area is 246 Å². The van der Waals surface area contributed by atoms with Crippen LogP contribution in [-0.2, 0) is 20.7 Å². The molecule has 3 aromatic carbocycles. The number of halogens is 2. The highest BCUT2D eigenvalue weighted by Gasteiger charge is 2.42. The van der Waals surface area contributed by atoms with Gasteiger partial charge in [-0.25, -0.2) is 4.79 Å². The molecular formula is C32H29BrClNO5. The van der Waals surface area contributed by atoms with Crippen LogP contribution in [0.1, 0.15) is 48.3 Å². The maximum atomic E-state index is 13.9. The number of nitrogens with one attached hydrogen (secondary N) is 1. The smallest absolute Gasteiger partial charge is 0.336 e. The molecule has 5 rings (SSSR count). The maximum Gasteiger partial charge on any atom is 0.336 e. The van der Waals surface area contributed by atoms with E-state index in [4.69, 9.17) is 21.1 Å². The molecule has 8 heteroatoms. The van der Waals surface area contributed by atoms with Gasteiger partial charge in [0.25, 0.3) is 0 Å². The van der Waals surface area contributed by atoms with Gasteiger partial charge in [-0.1, -0.05) is 54.1 Å². The van der Waals surface area contributed by atoms with Gasteiger partial charge in [0.1, 0.15) is 0 Å². The van der Waals surface area contributed by atoms with Crippen LogP contribution < -0.4 is 10.1 Å². The molecule has 3 aromatic rings. The minimum absolute atomic E-state index is 0.0232. The summed E-state index contributed by atoms with van der Waals surface area (Å²) in [5.74, 6) is -1.08. The van der Waals surface area contributed by atoms with Gasteiger partial charge in [0.05, 0.1) is 23.8 Å². The monoisotopic (exact) mass is 621 g/mol. The van der Waals surface area contributed by atoms with Gasteiger partial charge in [-0.3, -0.25) is 4.79 Å². The van der Waals surface area contributed by atoms with Crippen LogP contribution in [0.25, 0.3) is 0 Å². The van der Waals surface area contributed by atoms with E-state index >= 15 is 0 Å². The number of ether oxygens (including phenoxy) is 2. The van der Waals surface area contributed by atoms with Crippen LogP contribution in [0.2, 0.25) is 5.02 Å². The summed E-state index contributed by atoms with van der Waals surface area (Å²) in [6.45, 7) is 2.03. The van der Waals surface area contributed by atoms with Crippen molar-refractivity contribution >= 4 is 39.3 Å². The Morgan fingerprint density at radius 2 is 1.80 bits per heavy atom. The molecule has 1 aliphatic carbocycles. The third-order valence-corrected chi connectivity index (χ3v) is 8.32. The molecule has 0 radical (unpaired) electrons. The third kappa shape index (κ3) is 5.67. The predicted octanol–water partition coefficient (Wildman–Crippen LogP) is 6.96. The highest BCUT2D eigenvalue weighted by molar-refractivity contribution is 9.10. The average Bonchev–Trinajstić information content (AvgIpc) is 2.94. The highest BCUT2D eigenvalue weighted by Crippen LogP contribution is 2.48. The summed E-state index contributed by atoms with van der Waals surface area (Å²) in [7, 11) is 1.46. The number of carbonyl (C=O) groups excluding carboxylic acids is 2. The molecule has 0 amide bonds. The molecule has 0 bridgehead atoms. The fraction of sp³-hybridized carbons (Fsp3) is 0.250. The largest absolute Gasteiger partial charge is 0.503 e. The van der Waals surface area contributed by atoms with E-state index < -0.39 is 11.9 Å². The van der Waals surface area contributed by atoms with Crippen molar-refractivity contribution in [1.82, 2.24) is 5.32 Å². The van der Waals surface area contributed by atoms with Crippen LogP contribution in [0.5, 0.6) is 11.5 Å². The zero-order chi connectivity index (χ0) is 28.4. The van der Waals surface area contributed by atoms with E-state index in [1.165, 1.54) is 7.11 Å². The standard InChI is InChI=1S/C32H29BrClNO5/c1-18-28(32(38)40-13-12-19-6-4-3-5-7-19)29(22-14-24(33)31(37)27(17-22)39-2)30-25(35-18)15-21(16-26(30)36)20-8-10-23(34)11-9-20/h3-11,14,17,21,29,35,37H,12-13,15-16H2,1-2H3/t21-,29+/m0/s1. The van der Waals surface area contributed by atoms with Crippen LogP contribution in [-0.4, -0.2) is 30.6 Å². The number of phenols is 1. The lowest BCUT2D eigenvalue weighted by Crippen LogP contribution is -2.36. The fourth-order valence-corrected chi connectivity index (χ4v) is 6.10. The zero-order valence-electron chi connectivity index (χ0n) is 22.2. The Morgan fingerprint density at radius 3 is 2.50 bits per heavy atom. The first-order valence-corrected chi connectivity index (χ1v) is 14.2. The highest BCUT2D eigenvalue weighted by atomic mass is 79.9. The topological polar surface area (TPSA) is 84.9 Å². The van der Waals surface area contributed by atoms with Crippen LogP contribution in [0.3, 0.4) is 0 Å². The van der Waals surface area contributed by atoms with Crippen molar-refractivity contribution in [2.24, 2.45) is 0 Å². The lowest BCUT2D eigenvalue weighted by molar-refractivity contribution is -0.139. The van der Waals surface area contributed by atoms with Crippen molar-refractivity contribution in [2.75, 3.05) is 13.7 Å². The summed E-state index contributed by atoms with van der Waals surface area (Å²) in [5, 5.41) is 14.5. The van der Waals surface area contributed by atoms with Crippen molar-refractivity contribution in [3.63, 3.8) is 0 Å². The van der Waals surface area contributed by atoms with Crippen molar-refractivity contribution in [1.29, 1.82) is 0 Å². The predicted molar refractivity (Wildman–Crippen MR) is 158 cm³/mol. The number of rotatable bonds is 7. The second-order valence-corrected chi connectivity index (χ2v) is 11.3. The lowest BCUT2D eigenvalue weighted by Gasteiger charge is -2.37. The molecule has 0 unspecified atom stereocenters. The molecule has 1 heterocycles. The van der Waals surface area contributed by atoms with Gasteiger partial charge in [-0.05, 0) is 76.1 Å². The molecule has 2 N–H and O–H groups in total. The van der Waals surface area contributed by atoms with Crippen LogP contribution >= 0.6 is 27.5 Å². The summed E-state index contributed by atoms with van der Waals surface area (Å²) in [5.41, 5.74) is 5.04. The molecule has 40 heavy (non-hydrogen) atoms. The van der Waals surface area contributed by atoms with E-state index in [0.29, 0.717) is 51.2 Å². The normalized spacial score (nSPS) is 18.8. The number of methoxy groups -OCH3 is 1. The van der Waals surface area contributed by atoms with Gasteiger partial charge < -0.3 is 19.9 Å². The minimum atomic E-state index is -0.690. The van der Waals surface area contributed by atoms with E-state index in [1.54, 1.807) is 12.1 Å². The average molecular weight is 623 g/mol. The first-order chi connectivity index (χ1) is 19.3. The lowest BCUT2D eigenvalue weighted by atomic mass is 9.71. The number of Topliss-reactive ketones (excluding diaryl/α,β-unsaturated/α-hetero) is 1. The van der Waals surface area contributed by atoms with E-state index in [1.807, 2.05) is 61.5 Å². The Bertz CT molecular complexity index is 1510. The van der Waals surface area contributed by atoms with Crippen LogP contribution in [0.4, 0.5) is 0 Å². The number of allylic oxidation sites excluding steroid dienone is 3. The molecule has 0 saturated heterocycles. The molecule has 206 valence electrons. The fourth-order valence-electron chi connectivity index (χ4n) is 5.51. The molecule has 6 nitrogen and oxygen atoms in total. The second kappa shape index (κ2) is 11.9. The molecule has 0 saturated carbocycles. The third-order valence-electron chi connectivity index (χ3n) is 7.46. The first kappa shape index (κ1) is 28.0. The number of benzene rings is 3. The SMILES string of the molecule is COc1cc([C@@H]2C(C(=O)OCCc3ccccc3)=C(C)NC3=C2C(=O)C[C@@H](c2ccc(Cl)cc2)C3)cc(Br)c1O. The number of carbonyl (C=O) groups is 2. The number of ketones is 1. The van der Waals surface area contributed by atoms with Gasteiger partial charge in [0, 0.05) is 40.7 Å². The number of esters is 1. The first-order valence-electron chi connectivity index (χ1n) is 13.0. The zero-order valence-corrected chi connectivity index (χ0v) is 24.5. The van der Waals surface area contributed by atoms with E-state index in [9.17, 15) is 14.7 Å². The van der Waals surface area contributed by atoms with Gasteiger partial charge in [0.2, 0.25) is 0 Å².